The van der Waals surface area contributed by atoms with E-state index in [-0.39, 0.29) is 17.4 Å². The van der Waals surface area contributed by atoms with Crippen LogP contribution < -0.4 is 0 Å². The minimum atomic E-state index is -0.157. The summed E-state index contributed by atoms with van der Waals surface area (Å²) in [5.74, 6) is 0.0517. The largest absolute Gasteiger partial charge is 0.335 e. The maximum atomic E-state index is 12.7. The molecule has 0 radical (unpaired) electrons. The lowest BCUT2D eigenvalue weighted by molar-refractivity contribution is 0.0709. The van der Waals surface area contributed by atoms with Crippen molar-refractivity contribution in [2.45, 2.75) is 52.5 Å². The summed E-state index contributed by atoms with van der Waals surface area (Å²) in [5, 5.41) is 5.04. The van der Waals surface area contributed by atoms with Crippen LogP contribution in [0, 0.1) is 0 Å². The van der Waals surface area contributed by atoms with Gasteiger partial charge >= 0.3 is 0 Å². The average molecular weight is 348 g/mol. The fourth-order valence-corrected chi connectivity index (χ4v) is 2.86. The Hall–Kier alpha value is -0.490. The van der Waals surface area contributed by atoms with Crippen LogP contribution in [0.15, 0.2) is 0 Å². The monoisotopic (exact) mass is 347 g/mol. The molecule has 6 heteroatoms. The van der Waals surface area contributed by atoms with E-state index in [1.807, 2.05) is 18.7 Å². The van der Waals surface area contributed by atoms with E-state index in [2.05, 4.69) is 46.3 Å². The number of carbonyl (C=O) groups is 1. The Bertz CT molecular complexity index is 426. The van der Waals surface area contributed by atoms with E-state index in [9.17, 15) is 4.79 Å². The summed E-state index contributed by atoms with van der Waals surface area (Å²) in [6, 6.07) is 0.182. The van der Waals surface area contributed by atoms with Gasteiger partial charge in [-0.3, -0.25) is 4.79 Å². The molecule has 4 nitrogen and oxygen atoms in total. The first-order chi connectivity index (χ1) is 8.79. The lowest BCUT2D eigenvalue weighted by atomic mass is 9.91. The summed E-state index contributed by atoms with van der Waals surface area (Å²) in [6.07, 6.45) is 0.945. The van der Waals surface area contributed by atoms with Gasteiger partial charge in [-0.2, -0.15) is 0 Å². The minimum Gasteiger partial charge on any atom is -0.335 e. The number of hydrogen-bond donors (Lipinski definition) is 0. The van der Waals surface area contributed by atoms with Gasteiger partial charge < -0.3 is 4.90 Å². The molecule has 0 saturated carbocycles. The third-order valence-electron chi connectivity index (χ3n) is 2.81. The van der Waals surface area contributed by atoms with Gasteiger partial charge in [-0.05, 0) is 31.8 Å². The lowest BCUT2D eigenvalue weighted by Gasteiger charge is -2.27. The van der Waals surface area contributed by atoms with Crippen LogP contribution in [0.25, 0.3) is 0 Å². The highest BCUT2D eigenvalue weighted by Crippen LogP contribution is 2.27. The molecular weight excluding hydrogens is 326 g/mol. The van der Waals surface area contributed by atoms with E-state index < -0.39 is 0 Å². The zero-order valence-electron chi connectivity index (χ0n) is 12.2. The predicted octanol–water partition coefficient (Wildman–Crippen LogP) is 3.47. The smallest absolute Gasteiger partial charge is 0.267 e. The maximum absolute atomic E-state index is 12.7. The van der Waals surface area contributed by atoms with Gasteiger partial charge in [0.05, 0.1) is 5.69 Å². The first kappa shape index (κ1) is 16.6. The van der Waals surface area contributed by atoms with Crippen molar-refractivity contribution >= 4 is 33.4 Å². The molecular formula is C13H22BrN3OS. The molecule has 108 valence electrons. The molecule has 0 atom stereocenters. The van der Waals surface area contributed by atoms with Gasteiger partial charge in [0.25, 0.3) is 5.91 Å². The molecule has 19 heavy (non-hydrogen) atoms. The van der Waals surface area contributed by atoms with Crippen molar-refractivity contribution in [1.82, 2.24) is 14.5 Å². The van der Waals surface area contributed by atoms with Gasteiger partial charge in [0.2, 0.25) is 0 Å². The van der Waals surface area contributed by atoms with Gasteiger partial charge in [0.1, 0.15) is 4.88 Å². The second-order valence-electron chi connectivity index (χ2n) is 5.84. The molecule has 1 aromatic rings. The van der Waals surface area contributed by atoms with Gasteiger partial charge in [0, 0.05) is 23.3 Å². The van der Waals surface area contributed by atoms with Crippen molar-refractivity contribution in [2.24, 2.45) is 0 Å². The summed E-state index contributed by atoms with van der Waals surface area (Å²) in [4.78, 5) is 15.2. The molecule has 0 aliphatic carbocycles. The summed E-state index contributed by atoms with van der Waals surface area (Å²) >= 11 is 4.61. The number of nitrogens with zero attached hydrogens (tertiary/aromatic N) is 3. The number of halogens is 1. The highest BCUT2D eigenvalue weighted by Gasteiger charge is 2.29. The summed E-state index contributed by atoms with van der Waals surface area (Å²) in [7, 11) is 0. The van der Waals surface area contributed by atoms with E-state index in [1.165, 1.54) is 11.5 Å². The molecule has 0 aliphatic heterocycles. The molecule has 0 bridgehead atoms. The van der Waals surface area contributed by atoms with Crippen molar-refractivity contribution in [3.8, 4) is 0 Å². The topological polar surface area (TPSA) is 46.1 Å². The molecule has 0 spiro atoms. The molecule has 0 aliphatic rings. The van der Waals surface area contributed by atoms with E-state index in [1.54, 1.807) is 0 Å². The zero-order chi connectivity index (χ0) is 14.6. The zero-order valence-corrected chi connectivity index (χ0v) is 14.6. The highest BCUT2D eigenvalue weighted by molar-refractivity contribution is 9.09. The first-order valence-electron chi connectivity index (χ1n) is 6.48. The Labute approximate surface area is 127 Å². The Balaban J connectivity index is 3.01. The Morgan fingerprint density at radius 2 is 2.05 bits per heavy atom. The molecule has 0 unspecified atom stereocenters. The molecule has 1 amide bonds. The summed E-state index contributed by atoms with van der Waals surface area (Å²) in [6.45, 7) is 11.0. The van der Waals surface area contributed by atoms with Gasteiger partial charge in [-0.25, -0.2) is 0 Å². The number of amides is 1. The van der Waals surface area contributed by atoms with Crippen molar-refractivity contribution in [3.05, 3.63) is 10.6 Å². The fraction of sp³-hybridized carbons (Fsp3) is 0.769. The number of hydrogen-bond acceptors (Lipinski definition) is 4. The van der Waals surface area contributed by atoms with Crippen LogP contribution in [-0.2, 0) is 5.41 Å². The van der Waals surface area contributed by atoms with E-state index >= 15 is 0 Å². The third-order valence-corrected chi connectivity index (χ3v) is 4.08. The van der Waals surface area contributed by atoms with Crippen molar-refractivity contribution in [3.63, 3.8) is 0 Å². The van der Waals surface area contributed by atoms with Gasteiger partial charge in [-0.15, -0.1) is 5.10 Å². The standard InChI is InChI=1S/C13H22BrN3OS/c1-9(2)17(8-6-7-14)12(18)10-11(13(3,4)5)15-16-19-10/h9H,6-8H2,1-5H3. The molecule has 0 N–H and O–H groups in total. The lowest BCUT2D eigenvalue weighted by Crippen LogP contribution is -2.38. The summed E-state index contributed by atoms with van der Waals surface area (Å²) < 4.78 is 3.97. The molecule has 0 aromatic carbocycles. The van der Waals surface area contributed by atoms with E-state index in [0.29, 0.717) is 4.88 Å². The molecule has 1 rings (SSSR count). The summed E-state index contributed by atoms with van der Waals surface area (Å²) in [5.41, 5.74) is 0.641. The average Bonchev–Trinajstić information content (AvgIpc) is 2.77. The van der Waals surface area contributed by atoms with E-state index in [4.69, 9.17) is 0 Å². The maximum Gasteiger partial charge on any atom is 0.267 e. The van der Waals surface area contributed by atoms with Crippen LogP contribution in [0.5, 0.6) is 0 Å². The molecule has 0 fully saturated rings. The van der Waals surface area contributed by atoms with E-state index in [0.717, 1.165) is 24.0 Å². The van der Waals surface area contributed by atoms with Crippen molar-refractivity contribution in [1.29, 1.82) is 0 Å². The second-order valence-corrected chi connectivity index (χ2v) is 7.38. The van der Waals surface area contributed by atoms with Crippen LogP contribution >= 0.6 is 27.5 Å². The van der Waals surface area contributed by atoms with Gasteiger partial charge in [0.15, 0.2) is 0 Å². The molecule has 0 saturated heterocycles. The quantitative estimate of drug-likeness (QED) is 0.766. The molecule has 1 aromatic heterocycles. The van der Waals surface area contributed by atoms with Crippen LogP contribution in [-0.4, -0.2) is 38.3 Å². The van der Waals surface area contributed by atoms with Gasteiger partial charge in [-0.1, -0.05) is 41.2 Å². The second kappa shape index (κ2) is 6.79. The number of rotatable bonds is 5. The number of alkyl halides is 1. The first-order valence-corrected chi connectivity index (χ1v) is 8.38. The van der Waals surface area contributed by atoms with Crippen molar-refractivity contribution < 1.29 is 4.79 Å². The van der Waals surface area contributed by atoms with Crippen LogP contribution in [0.1, 0.15) is 56.4 Å². The third kappa shape index (κ3) is 4.24. The Morgan fingerprint density at radius 1 is 1.42 bits per heavy atom. The van der Waals surface area contributed by atoms with Crippen LogP contribution in [0.3, 0.4) is 0 Å². The number of aromatic nitrogens is 2. The number of carbonyl (C=O) groups excluding carboxylic acids is 1. The SMILES string of the molecule is CC(C)N(CCCBr)C(=O)c1snnc1C(C)(C)C. The highest BCUT2D eigenvalue weighted by atomic mass is 79.9. The normalized spacial score (nSPS) is 11.9. The van der Waals surface area contributed by atoms with Crippen LogP contribution in [0.4, 0.5) is 0 Å². The Kier molecular flexibility index (Phi) is 5.92. The predicted molar refractivity (Wildman–Crippen MR) is 83.2 cm³/mol. The fourth-order valence-electron chi connectivity index (χ4n) is 1.78. The molecule has 1 heterocycles. The minimum absolute atomic E-state index is 0.0517. The van der Waals surface area contributed by atoms with Crippen molar-refractivity contribution in [2.75, 3.05) is 11.9 Å². The van der Waals surface area contributed by atoms with Crippen LogP contribution in [0.2, 0.25) is 0 Å². The Morgan fingerprint density at radius 3 is 2.53 bits per heavy atom.